The number of hydrogen-bond donors (Lipinski definition) is 2. The summed E-state index contributed by atoms with van der Waals surface area (Å²) in [6.07, 6.45) is 3.55. The Labute approximate surface area is 144 Å². The van der Waals surface area contributed by atoms with Crippen molar-refractivity contribution < 1.29 is 18.3 Å². The quantitative estimate of drug-likeness (QED) is 0.843. The Morgan fingerprint density at radius 1 is 1.42 bits per heavy atom. The molecular weight excluding hydrogens is 354 g/mol. The van der Waals surface area contributed by atoms with Gasteiger partial charge in [-0.1, -0.05) is 11.6 Å². The van der Waals surface area contributed by atoms with Crippen LogP contribution in [0, 0.1) is 6.92 Å². The van der Waals surface area contributed by atoms with Crippen molar-refractivity contribution >= 4 is 33.3 Å². The van der Waals surface area contributed by atoms with E-state index in [1.807, 2.05) is 0 Å². The third kappa shape index (κ3) is 3.11. The predicted molar refractivity (Wildman–Crippen MR) is 89.1 cm³/mol. The molecule has 0 spiro atoms. The van der Waals surface area contributed by atoms with Gasteiger partial charge < -0.3 is 5.11 Å². The maximum absolute atomic E-state index is 12.8. The van der Waals surface area contributed by atoms with Crippen molar-refractivity contribution in [3.8, 4) is 0 Å². The van der Waals surface area contributed by atoms with Gasteiger partial charge in [-0.15, -0.1) is 0 Å². The molecule has 2 N–H and O–H groups in total. The largest absolute Gasteiger partial charge is 0.478 e. The lowest BCUT2D eigenvalue weighted by molar-refractivity contribution is 0.0696. The Morgan fingerprint density at radius 2 is 2.08 bits per heavy atom. The molecule has 9 heteroatoms. The average Bonchev–Trinajstić information content (AvgIpc) is 3.25. The van der Waals surface area contributed by atoms with Gasteiger partial charge in [0.2, 0.25) is 0 Å². The minimum Gasteiger partial charge on any atom is -0.478 e. The first-order valence-corrected chi connectivity index (χ1v) is 9.15. The van der Waals surface area contributed by atoms with Crippen molar-refractivity contribution in [2.45, 2.75) is 30.6 Å². The van der Waals surface area contributed by atoms with Gasteiger partial charge in [0, 0.05) is 24.2 Å². The summed E-state index contributed by atoms with van der Waals surface area (Å²) in [5, 5.41) is 13.5. The van der Waals surface area contributed by atoms with Gasteiger partial charge in [0.1, 0.15) is 0 Å². The van der Waals surface area contributed by atoms with Crippen molar-refractivity contribution in [3.63, 3.8) is 0 Å². The van der Waals surface area contributed by atoms with Crippen molar-refractivity contribution in [1.29, 1.82) is 0 Å². The van der Waals surface area contributed by atoms with Crippen molar-refractivity contribution in [2.75, 3.05) is 4.72 Å². The van der Waals surface area contributed by atoms with Crippen LogP contribution < -0.4 is 4.72 Å². The van der Waals surface area contributed by atoms with Gasteiger partial charge in [0.15, 0.2) is 0 Å². The zero-order valence-corrected chi connectivity index (χ0v) is 14.6. The van der Waals surface area contributed by atoms with E-state index in [9.17, 15) is 13.2 Å². The molecule has 1 saturated carbocycles. The minimum atomic E-state index is -3.99. The van der Waals surface area contributed by atoms with Gasteiger partial charge in [-0.05, 0) is 37.5 Å². The normalized spacial score (nSPS) is 14.6. The molecule has 1 aromatic carbocycles. The van der Waals surface area contributed by atoms with E-state index in [2.05, 4.69) is 9.82 Å². The Balaban J connectivity index is 2.04. The first kappa shape index (κ1) is 16.8. The Bertz CT molecular complexity index is 932. The third-order valence-corrected chi connectivity index (χ3v) is 5.78. The van der Waals surface area contributed by atoms with Crippen LogP contribution in [0.5, 0.6) is 0 Å². The second kappa shape index (κ2) is 5.78. The fraction of sp³-hybridized carbons (Fsp3) is 0.333. The van der Waals surface area contributed by atoms with Gasteiger partial charge >= 0.3 is 5.97 Å². The SMILES string of the molecule is Cc1c(Cl)cc(C(=O)O)cc1S(=O)(=O)Nc1cn(C)nc1C1CC1. The smallest absolute Gasteiger partial charge is 0.335 e. The standard InChI is InChI=1S/C15H16ClN3O4S/c1-8-11(16)5-10(15(20)21)6-13(8)24(22,23)18-12-7-19(2)17-14(12)9-3-4-9/h5-7,9,18H,3-4H2,1-2H3,(H,20,21). The first-order valence-electron chi connectivity index (χ1n) is 7.29. The summed E-state index contributed by atoms with van der Waals surface area (Å²) in [6.45, 7) is 1.54. The Hall–Kier alpha value is -2.06. The number of hydrogen-bond acceptors (Lipinski definition) is 4. The summed E-state index contributed by atoms with van der Waals surface area (Å²) in [5.41, 5.74) is 1.24. The van der Waals surface area contributed by atoms with Crippen LogP contribution >= 0.6 is 11.6 Å². The molecule has 0 bridgehead atoms. The zero-order valence-electron chi connectivity index (χ0n) is 13.1. The summed E-state index contributed by atoms with van der Waals surface area (Å²) in [4.78, 5) is 11.0. The molecule has 0 radical (unpaired) electrons. The number of carboxylic acid groups (broad SMARTS) is 1. The molecule has 0 unspecified atom stereocenters. The molecule has 0 saturated heterocycles. The maximum Gasteiger partial charge on any atom is 0.335 e. The summed E-state index contributed by atoms with van der Waals surface area (Å²) >= 11 is 6.00. The molecule has 1 heterocycles. The van der Waals surface area contributed by atoms with Crippen LogP contribution in [0.4, 0.5) is 5.69 Å². The number of halogens is 1. The molecular formula is C15H16ClN3O4S. The lowest BCUT2D eigenvalue weighted by atomic mass is 10.1. The van der Waals surface area contributed by atoms with Crippen LogP contribution in [-0.2, 0) is 17.1 Å². The number of sulfonamides is 1. The topological polar surface area (TPSA) is 101 Å². The van der Waals surface area contributed by atoms with E-state index < -0.39 is 16.0 Å². The monoisotopic (exact) mass is 369 g/mol. The maximum atomic E-state index is 12.8. The molecule has 0 aliphatic heterocycles. The Morgan fingerprint density at radius 3 is 2.67 bits per heavy atom. The fourth-order valence-electron chi connectivity index (χ4n) is 2.50. The number of aryl methyl sites for hydroxylation is 1. The lowest BCUT2D eigenvalue weighted by Crippen LogP contribution is -2.16. The van der Waals surface area contributed by atoms with E-state index in [4.69, 9.17) is 16.7 Å². The van der Waals surface area contributed by atoms with Crippen molar-refractivity contribution in [2.24, 2.45) is 7.05 Å². The van der Waals surface area contributed by atoms with Crippen LogP contribution in [0.1, 0.15) is 40.4 Å². The van der Waals surface area contributed by atoms with E-state index in [0.717, 1.165) is 18.9 Å². The van der Waals surface area contributed by atoms with E-state index >= 15 is 0 Å². The number of carboxylic acids is 1. The number of rotatable bonds is 5. The molecule has 1 aliphatic carbocycles. The van der Waals surface area contributed by atoms with E-state index in [1.165, 1.54) is 13.0 Å². The predicted octanol–water partition coefficient (Wildman–Crippen LogP) is 2.76. The Kier molecular flexibility index (Phi) is 4.05. The van der Waals surface area contributed by atoms with Crippen LogP contribution in [-0.4, -0.2) is 29.3 Å². The van der Waals surface area contributed by atoms with E-state index in [1.54, 1.807) is 17.9 Å². The highest BCUT2D eigenvalue weighted by molar-refractivity contribution is 7.92. The van der Waals surface area contributed by atoms with Gasteiger partial charge in [0.05, 0.1) is 21.8 Å². The summed E-state index contributed by atoms with van der Waals surface area (Å²) in [7, 11) is -2.27. The first-order chi connectivity index (χ1) is 11.2. The number of carbonyl (C=O) groups is 1. The number of nitrogens with one attached hydrogen (secondary N) is 1. The van der Waals surface area contributed by atoms with Crippen LogP contribution in [0.15, 0.2) is 23.2 Å². The number of nitrogens with zero attached hydrogens (tertiary/aromatic N) is 2. The molecule has 1 fully saturated rings. The van der Waals surface area contributed by atoms with Crippen molar-refractivity contribution in [1.82, 2.24) is 9.78 Å². The van der Waals surface area contributed by atoms with Crippen molar-refractivity contribution in [3.05, 3.63) is 40.2 Å². The second-order valence-corrected chi connectivity index (χ2v) is 7.93. The van der Waals surface area contributed by atoms with Crippen LogP contribution in [0.25, 0.3) is 0 Å². The van der Waals surface area contributed by atoms with Gasteiger partial charge in [-0.3, -0.25) is 9.40 Å². The third-order valence-electron chi connectivity index (χ3n) is 3.90. The summed E-state index contributed by atoms with van der Waals surface area (Å²) < 4.78 is 29.6. The van der Waals surface area contributed by atoms with Gasteiger partial charge in [0.25, 0.3) is 10.0 Å². The van der Waals surface area contributed by atoms with E-state index in [0.29, 0.717) is 16.9 Å². The number of aromatic nitrogens is 2. The molecule has 128 valence electrons. The molecule has 24 heavy (non-hydrogen) atoms. The molecule has 2 aromatic rings. The number of anilines is 1. The minimum absolute atomic E-state index is 0.0869. The van der Waals surface area contributed by atoms with Gasteiger partial charge in [-0.2, -0.15) is 5.10 Å². The highest BCUT2D eigenvalue weighted by Gasteiger charge is 2.31. The number of aromatic carboxylic acids is 1. The molecule has 1 aromatic heterocycles. The molecule has 0 atom stereocenters. The zero-order chi connectivity index (χ0) is 17.6. The molecule has 3 rings (SSSR count). The number of benzene rings is 1. The molecule has 0 amide bonds. The van der Waals surface area contributed by atoms with Crippen LogP contribution in [0.2, 0.25) is 5.02 Å². The average molecular weight is 370 g/mol. The van der Waals surface area contributed by atoms with Gasteiger partial charge in [-0.25, -0.2) is 13.2 Å². The summed E-state index contributed by atoms with van der Waals surface area (Å²) in [5.74, 6) is -0.979. The highest BCUT2D eigenvalue weighted by Crippen LogP contribution is 2.43. The second-order valence-electron chi connectivity index (χ2n) is 5.87. The lowest BCUT2D eigenvalue weighted by Gasteiger charge is -2.12. The molecule has 7 nitrogen and oxygen atoms in total. The highest BCUT2D eigenvalue weighted by atomic mass is 35.5. The van der Waals surface area contributed by atoms with E-state index in [-0.39, 0.29) is 21.4 Å². The fourth-order valence-corrected chi connectivity index (χ4v) is 4.13. The van der Waals surface area contributed by atoms with Crippen LogP contribution in [0.3, 0.4) is 0 Å². The summed E-state index contributed by atoms with van der Waals surface area (Å²) in [6, 6.07) is 2.34. The molecule has 1 aliphatic rings.